The Hall–Kier alpha value is -1.32. The molecule has 1 aliphatic carbocycles. The summed E-state index contributed by atoms with van der Waals surface area (Å²) in [6.07, 6.45) is 5.01. The van der Waals surface area contributed by atoms with E-state index in [1.54, 1.807) is 24.9 Å². The predicted molar refractivity (Wildman–Crippen MR) is 77.5 cm³/mol. The van der Waals surface area contributed by atoms with Gasteiger partial charge >= 0.3 is 0 Å². The Labute approximate surface area is 117 Å². The van der Waals surface area contributed by atoms with Gasteiger partial charge in [-0.1, -0.05) is 23.9 Å². The number of hydrogen-bond acceptors (Lipinski definition) is 3. The summed E-state index contributed by atoms with van der Waals surface area (Å²) in [5.41, 5.74) is 3.85. The van der Waals surface area contributed by atoms with Gasteiger partial charge in [0, 0.05) is 11.1 Å². The van der Waals surface area contributed by atoms with Crippen molar-refractivity contribution in [2.75, 3.05) is 0 Å². The van der Waals surface area contributed by atoms with Crippen molar-refractivity contribution in [3.63, 3.8) is 0 Å². The first kappa shape index (κ1) is 12.7. The number of hydrogen-bond donors (Lipinski definition) is 1. The fourth-order valence-corrected chi connectivity index (χ4v) is 3.25. The van der Waals surface area contributed by atoms with Gasteiger partial charge in [-0.3, -0.25) is 0 Å². The highest BCUT2D eigenvalue weighted by molar-refractivity contribution is 7.99. The van der Waals surface area contributed by atoms with E-state index < -0.39 is 6.10 Å². The molecule has 1 heterocycles. The summed E-state index contributed by atoms with van der Waals surface area (Å²) in [7, 11) is 0. The molecule has 1 aromatic heterocycles. The van der Waals surface area contributed by atoms with E-state index in [0.29, 0.717) is 0 Å². The first-order valence-electron chi connectivity index (χ1n) is 6.66. The zero-order chi connectivity index (χ0) is 13.2. The van der Waals surface area contributed by atoms with Gasteiger partial charge in [-0.25, -0.2) is 4.98 Å². The second-order valence-electron chi connectivity index (χ2n) is 4.99. The van der Waals surface area contributed by atoms with Crippen LogP contribution in [0.1, 0.15) is 36.1 Å². The summed E-state index contributed by atoms with van der Waals surface area (Å²) in [5, 5.41) is 10.4. The number of rotatable bonds is 3. The van der Waals surface area contributed by atoms with E-state index in [0.717, 1.165) is 10.6 Å². The summed E-state index contributed by atoms with van der Waals surface area (Å²) in [6.45, 7) is 1.75. The molecule has 0 saturated heterocycles. The van der Waals surface area contributed by atoms with Crippen LogP contribution in [0.3, 0.4) is 0 Å². The Bertz CT molecular complexity index is 578. The molecule has 0 spiro atoms. The van der Waals surface area contributed by atoms with Crippen LogP contribution in [-0.2, 0) is 12.8 Å². The Kier molecular flexibility index (Phi) is 3.58. The van der Waals surface area contributed by atoms with Crippen LogP contribution in [0.15, 0.2) is 46.5 Å². The molecule has 1 aliphatic rings. The van der Waals surface area contributed by atoms with Gasteiger partial charge in [-0.2, -0.15) is 0 Å². The monoisotopic (exact) mass is 271 g/mol. The number of benzene rings is 1. The Morgan fingerprint density at radius 3 is 2.74 bits per heavy atom. The maximum atomic E-state index is 9.46. The number of aliphatic hydroxyl groups is 1. The molecule has 19 heavy (non-hydrogen) atoms. The lowest BCUT2D eigenvalue weighted by atomic mass is 10.1. The second kappa shape index (κ2) is 5.35. The number of fused-ring (bicyclic) bond motifs is 1. The van der Waals surface area contributed by atoms with Crippen molar-refractivity contribution in [3.8, 4) is 0 Å². The van der Waals surface area contributed by atoms with Gasteiger partial charge in [0.2, 0.25) is 0 Å². The van der Waals surface area contributed by atoms with Crippen molar-refractivity contribution in [2.24, 2.45) is 0 Å². The minimum absolute atomic E-state index is 0.452. The quantitative estimate of drug-likeness (QED) is 0.922. The molecule has 0 aliphatic heterocycles. The molecule has 0 bridgehead atoms. The molecule has 98 valence electrons. The Balaban J connectivity index is 1.77. The average molecular weight is 271 g/mol. The summed E-state index contributed by atoms with van der Waals surface area (Å²) in [4.78, 5) is 5.64. The molecule has 2 nitrogen and oxygen atoms in total. The first-order chi connectivity index (χ1) is 9.22. The summed E-state index contributed by atoms with van der Waals surface area (Å²) < 4.78 is 0. The van der Waals surface area contributed by atoms with Gasteiger partial charge in [0.1, 0.15) is 5.03 Å². The molecular weight excluding hydrogens is 254 g/mol. The van der Waals surface area contributed by atoms with Crippen LogP contribution in [0, 0.1) is 0 Å². The van der Waals surface area contributed by atoms with Gasteiger partial charge in [-0.15, -0.1) is 0 Å². The topological polar surface area (TPSA) is 33.1 Å². The molecule has 1 atom stereocenters. The van der Waals surface area contributed by atoms with Gasteiger partial charge in [-0.05, 0) is 61.1 Å². The summed E-state index contributed by atoms with van der Waals surface area (Å²) in [6, 6.07) is 10.6. The number of aromatic nitrogens is 1. The maximum Gasteiger partial charge on any atom is 0.101 e. The molecule has 3 heteroatoms. The van der Waals surface area contributed by atoms with Crippen molar-refractivity contribution in [1.29, 1.82) is 0 Å². The first-order valence-corrected chi connectivity index (χ1v) is 7.48. The van der Waals surface area contributed by atoms with Crippen LogP contribution in [0.25, 0.3) is 0 Å². The van der Waals surface area contributed by atoms with E-state index >= 15 is 0 Å². The van der Waals surface area contributed by atoms with Crippen LogP contribution < -0.4 is 0 Å². The standard InChI is InChI=1S/C16H17NOS/c1-11(18)14-6-8-16(17-10-14)19-15-7-5-12-3-2-4-13(12)9-15/h5-11,18H,2-4H2,1H3/t11-/m0/s1. The lowest BCUT2D eigenvalue weighted by molar-refractivity contribution is 0.198. The van der Waals surface area contributed by atoms with Gasteiger partial charge < -0.3 is 5.11 Å². The van der Waals surface area contributed by atoms with Crippen LogP contribution >= 0.6 is 11.8 Å². The van der Waals surface area contributed by atoms with Crippen molar-refractivity contribution in [1.82, 2.24) is 4.98 Å². The number of aliphatic hydroxyl groups excluding tert-OH is 1. The van der Waals surface area contributed by atoms with E-state index in [4.69, 9.17) is 0 Å². The third kappa shape index (κ3) is 2.82. The fourth-order valence-electron chi connectivity index (χ4n) is 2.43. The highest BCUT2D eigenvalue weighted by Gasteiger charge is 2.11. The third-order valence-electron chi connectivity index (χ3n) is 3.53. The predicted octanol–water partition coefficient (Wildman–Crippen LogP) is 3.77. The second-order valence-corrected chi connectivity index (χ2v) is 6.09. The number of nitrogens with zero attached hydrogens (tertiary/aromatic N) is 1. The number of aryl methyl sites for hydroxylation is 2. The van der Waals surface area contributed by atoms with Crippen molar-refractivity contribution in [3.05, 3.63) is 53.2 Å². The molecule has 0 amide bonds. The van der Waals surface area contributed by atoms with E-state index in [-0.39, 0.29) is 0 Å². The molecular formula is C16H17NOS. The summed E-state index contributed by atoms with van der Waals surface area (Å²) in [5.74, 6) is 0. The maximum absolute atomic E-state index is 9.46. The third-order valence-corrected chi connectivity index (χ3v) is 4.47. The van der Waals surface area contributed by atoms with Crippen molar-refractivity contribution < 1.29 is 5.11 Å². The van der Waals surface area contributed by atoms with Crippen LogP contribution in [0.5, 0.6) is 0 Å². The van der Waals surface area contributed by atoms with E-state index in [9.17, 15) is 5.11 Å². The van der Waals surface area contributed by atoms with Gasteiger partial charge in [0.05, 0.1) is 6.10 Å². The fraction of sp³-hybridized carbons (Fsp3) is 0.312. The molecule has 0 unspecified atom stereocenters. The largest absolute Gasteiger partial charge is 0.389 e. The van der Waals surface area contributed by atoms with E-state index in [2.05, 4.69) is 23.2 Å². The molecule has 2 aromatic rings. The van der Waals surface area contributed by atoms with Gasteiger partial charge in [0.15, 0.2) is 0 Å². The van der Waals surface area contributed by atoms with Crippen LogP contribution in [-0.4, -0.2) is 10.1 Å². The lowest BCUT2D eigenvalue weighted by Crippen LogP contribution is -1.92. The van der Waals surface area contributed by atoms with Gasteiger partial charge in [0.25, 0.3) is 0 Å². The highest BCUT2D eigenvalue weighted by atomic mass is 32.2. The molecule has 0 radical (unpaired) electrons. The van der Waals surface area contributed by atoms with Crippen LogP contribution in [0.2, 0.25) is 0 Å². The molecule has 0 saturated carbocycles. The Morgan fingerprint density at radius 2 is 2.00 bits per heavy atom. The lowest BCUT2D eigenvalue weighted by Gasteiger charge is -2.06. The molecule has 1 N–H and O–H groups in total. The SMILES string of the molecule is C[C@H](O)c1ccc(Sc2ccc3c(c2)CCC3)nc1. The zero-order valence-corrected chi connectivity index (χ0v) is 11.8. The van der Waals surface area contributed by atoms with E-state index in [1.807, 2.05) is 12.1 Å². The minimum atomic E-state index is -0.452. The normalized spacial score (nSPS) is 15.3. The zero-order valence-electron chi connectivity index (χ0n) is 11.0. The minimum Gasteiger partial charge on any atom is -0.389 e. The van der Waals surface area contributed by atoms with Crippen molar-refractivity contribution >= 4 is 11.8 Å². The Morgan fingerprint density at radius 1 is 1.16 bits per heavy atom. The molecule has 3 rings (SSSR count). The molecule has 0 fully saturated rings. The summed E-state index contributed by atoms with van der Waals surface area (Å²) >= 11 is 1.68. The molecule has 1 aromatic carbocycles. The highest BCUT2D eigenvalue weighted by Crippen LogP contribution is 2.31. The van der Waals surface area contributed by atoms with E-state index in [1.165, 1.54) is 35.3 Å². The van der Waals surface area contributed by atoms with Crippen molar-refractivity contribution in [2.45, 2.75) is 42.2 Å². The average Bonchev–Trinajstić information content (AvgIpc) is 2.87. The smallest absolute Gasteiger partial charge is 0.101 e. The van der Waals surface area contributed by atoms with Crippen LogP contribution in [0.4, 0.5) is 0 Å². The number of pyridine rings is 1.